The minimum atomic E-state index is 0.372. The molecular weight excluding hydrogens is 231 g/mol. The molecule has 1 aromatic carbocycles. The maximum Gasteiger partial charge on any atom is 0.0834 e. The SMILES string of the molecule is CNCCC#Cc1ccc(N)c(Cl)c1Cl. The molecule has 4 heteroatoms. The highest BCUT2D eigenvalue weighted by molar-refractivity contribution is 6.44. The zero-order chi connectivity index (χ0) is 11.3. The maximum absolute atomic E-state index is 5.98. The fourth-order valence-corrected chi connectivity index (χ4v) is 1.39. The van der Waals surface area contributed by atoms with Crippen LogP contribution in [0.4, 0.5) is 5.69 Å². The molecule has 0 heterocycles. The van der Waals surface area contributed by atoms with Crippen molar-refractivity contribution in [2.45, 2.75) is 6.42 Å². The third-order valence-electron chi connectivity index (χ3n) is 1.84. The first kappa shape index (κ1) is 12.2. The molecule has 0 radical (unpaired) electrons. The summed E-state index contributed by atoms with van der Waals surface area (Å²) in [6, 6.07) is 3.48. The van der Waals surface area contributed by atoms with E-state index in [4.69, 9.17) is 28.9 Å². The van der Waals surface area contributed by atoms with Crippen molar-refractivity contribution in [1.29, 1.82) is 0 Å². The van der Waals surface area contributed by atoms with Crippen LogP contribution in [0.15, 0.2) is 12.1 Å². The van der Waals surface area contributed by atoms with Gasteiger partial charge >= 0.3 is 0 Å². The molecule has 0 atom stereocenters. The van der Waals surface area contributed by atoms with E-state index in [1.807, 2.05) is 7.05 Å². The first-order valence-electron chi connectivity index (χ1n) is 4.53. The number of benzene rings is 1. The highest BCUT2D eigenvalue weighted by Crippen LogP contribution is 2.30. The van der Waals surface area contributed by atoms with Crippen LogP contribution in [0.2, 0.25) is 10.0 Å². The van der Waals surface area contributed by atoms with Crippen LogP contribution >= 0.6 is 23.2 Å². The van der Waals surface area contributed by atoms with E-state index in [-0.39, 0.29) is 0 Å². The van der Waals surface area contributed by atoms with Crippen molar-refractivity contribution in [3.8, 4) is 11.8 Å². The Labute approximate surface area is 99.8 Å². The summed E-state index contributed by atoms with van der Waals surface area (Å²) < 4.78 is 0. The van der Waals surface area contributed by atoms with Gasteiger partial charge in [0.25, 0.3) is 0 Å². The number of halogens is 2. The summed E-state index contributed by atoms with van der Waals surface area (Å²) in [5, 5.41) is 3.80. The third-order valence-corrected chi connectivity index (χ3v) is 2.73. The Morgan fingerprint density at radius 2 is 2.07 bits per heavy atom. The molecule has 0 fully saturated rings. The Hall–Kier alpha value is -0.880. The molecule has 0 amide bonds. The van der Waals surface area contributed by atoms with Crippen molar-refractivity contribution in [2.24, 2.45) is 0 Å². The van der Waals surface area contributed by atoms with Gasteiger partial charge < -0.3 is 11.1 Å². The first-order chi connectivity index (χ1) is 7.16. The Morgan fingerprint density at radius 1 is 1.33 bits per heavy atom. The summed E-state index contributed by atoms with van der Waals surface area (Å²) in [6.45, 7) is 0.854. The number of nitrogen functional groups attached to an aromatic ring is 1. The predicted molar refractivity (Wildman–Crippen MR) is 66.3 cm³/mol. The van der Waals surface area contributed by atoms with Crippen LogP contribution in [-0.2, 0) is 0 Å². The molecular formula is C11H12Cl2N2. The van der Waals surface area contributed by atoms with Gasteiger partial charge in [0, 0.05) is 18.5 Å². The van der Waals surface area contributed by atoms with E-state index >= 15 is 0 Å². The summed E-state index contributed by atoms with van der Waals surface area (Å²) in [4.78, 5) is 0. The molecule has 0 aromatic heterocycles. The van der Waals surface area contributed by atoms with E-state index < -0.39 is 0 Å². The molecule has 15 heavy (non-hydrogen) atoms. The van der Waals surface area contributed by atoms with Crippen molar-refractivity contribution in [3.63, 3.8) is 0 Å². The number of hydrogen-bond acceptors (Lipinski definition) is 2. The second-order valence-electron chi connectivity index (χ2n) is 2.99. The van der Waals surface area contributed by atoms with E-state index in [2.05, 4.69) is 17.2 Å². The lowest BCUT2D eigenvalue weighted by molar-refractivity contribution is 0.818. The smallest absolute Gasteiger partial charge is 0.0834 e. The normalized spacial score (nSPS) is 9.53. The maximum atomic E-state index is 5.98. The highest BCUT2D eigenvalue weighted by Gasteiger charge is 2.05. The van der Waals surface area contributed by atoms with E-state index in [1.54, 1.807) is 12.1 Å². The number of anilines is 1. The van der Waals surface area contributed by atoms with Gasteiger partial charge in [-0.25, -0.2) is 0 Å². The molecule has 0 unspecified atom stereocenters. The third kappa shape index (κ3) is 3.32. The number of nitrogens with two attached hydrogens (primary N) is 1. The van der Waals surface area contributed by atoms with Crippen molar-refractivity contribution in [2.75, 3.05) is 19.3 Å². The Kier molecular flexibility index (Phi) is 4.77. The molecule has 0 aliphatic rings. The Morgan fingerprint density at radius 3 is 2.73 bits per heavy atom. The van der Waals surface area contributed by atoms with Crippen LogP contribution in [0, 0.1) is 11.8 Å². The standard InChI is InChI=1S/C11H12Cl2N2/c1-15-7-3-2-4-8-5-6-9(14)11(13)10(8)12/h5-6,15H,3,7,14H2,1H3. The summed E-state index contributed by atoms with van der Waals surface area (Å²) in [7, 11) is 1.88. The van der Waals surface area contributed by atoms with Crippen LogP contribution in [0.25, 0.3) is 0 Å². The molecule has 0 aliphatic heterocycles. The Bertz CT molecular complexity index is 405. The average molecular weight is 243 g/mol. The van der Waals surface area contributed by atoms with Crippen LogP contribution < -0.4 is 11.1 Å². The molecule has 0 saturated heterocycles. The van der Waals surface area contributed by atoms with Gasteiger partial charge in [0.2, 0.25) is 0 Å². The molecule has 0 aliphatic carbocycles. The molecule has 2 nitrogen and oxygen atoms in total. The molecule has 80 valence electrons. The fraction of sp³-hybridized carbons (Fsp3) is 0.273. The summed E-state index contributed by atoms with van der Waals surface area (Å²) >= 11 is 11.9. The van der Waals surface area contributed by atoms with E-state index in [1.165, 1.54) is 0 Å². The minimum Gasteiger partial charge on any atom is -0.397 e. The molecule has 0 saturated carbocycles. The second-order valence-corrected chi connectivity index (χ2v) is 3.74. The monoisotopic (exact) mass is 242 g/mol. The lowest BCUT2D eigenvalue weighted by Gasteiger charge is -2.01. The summed E-state index contributed by atoms with van der Waals surface area (Å²) in [5.41, 5.74) is 6.78. The summed E-state index contributed by atoms with van der Waals surface area (Å²) in [6.07, 6.45) is 0.773. The molecule has 3 N–H and O–H groups in total. The van der Waals surface area contributed by atoms with Gasteiger partial charge in [-0.05, 0) is 19.2 Å². The zero-order valence-corrected chi connectivity index (χ0v) is 9.91. The van der Waals surface area contributed by atoms with Gasteiger partial charge in [0.15, 0.2) is 0 Å². The first-order valence-corrected chi connectivity index (χ1v) is 5.29. The fourth-order valence-electron chi connectivity index (χ4n) is 1.01. The van der Waals surface area contributed by atoms with Gasteiger partial charge in [0.1, 0.15) is 0 Å². The molecule has 1 rings (SSSR count). The summed E-state index contributed by atoms with van der Waals surface area (Å²) in [5.74, 6) is 5.95. The number of hydrogen-bond donors (Lipinski definition) is 2. The van der Waals surface area contributed by atoms with Gasteiger partial charge in [-0.1, -0.05) is 35.0 Å². The number of nitrogens with one attached hydrogen (secondary N) is 1. The van der Waals surface area contributed by atoms with E-state index in [0.29, 0.717) is 21.3 Å². The van der Waals surface area contributed by atoms with Gasteiger partial charge in [-0.15, -0.1) is 0 Å². The van der Waals surface area contributed by atoms with E-state index in [0.717, 1.165) is 13.0 Å². The highest BCUT2D eigenvalue weighted by atomic mass is 35.5. The van der Waals surface area contributed by atoms with Crippen LogP contribution in [0.1, 0.15) is 12.0 Å². The zero-order valence-electron chi connectivity index (χ0n) is 8.40. The van der Waals surface area contributed by atoms with Crippen molar-refractivity contribution in [1.82, 2.24) is 5.32 Å². The minimum absolute atomic E-state index is 0.372. The van der Waals surface area contributed by atoms with Crippen molar-refractivity contribution < 1.29 is 0 Å². The molecule has 0 spiro atoms. The average Bonchev–Trinajstić information content (AvgIpc) is 2.24. The van der Waals surface area contributed by atoms with Crippen molar-refractivity contribution in [3.05, 3.63) is 27.7 Å². The second kappa shape index (κ2) is 5.87. The quantitative estimate of drug-likeness (QED) is 0.476. The molecule has 1 aromatic rings. The van der Waals surface area contributed by atoms with Crippen LogP contribution in [0.3, 0.4) is 0 Å². The Balaban J connectivity index is 2.85. The van der Waals surface area contributed by atoms with Crippen LogP contribution in [0.5, 0.6) is 0 Å². The largest absolute Gasteiger partial charge is 0.397 e. The van der Waals surface area contributed by atoms with Crippen molar-refractivity contribution >= 4 is 28.9 Å². The molecule has 0 bridgehead atoms. The predicted octanol–water partition coefficient (Wildman–Crippen LogP) is 2.54. The van der Waals surface area contributed by atoms with E-state index in [9.17, 15) is 0 Å². The lowest BCUT2D eigenvalue weighted by Crippen LogP contribution is -2.05. The van der Waals surface area contributed by atoms with Gasteiger partial charge in [0.05, 0.1) is 15.7 Å². The van der Waals surface area contributed by atoms with Crippen LogP contribution in [-0.4, -0.2) is 13.6 Å². The van der Waals surface area contributed by atoms with Gasteiger partial charge in [-0.2, -0.15) is 0 Å². The van der Waals surface area contributed by atoms with Gasteiger partial charge in [-0.3, -0.25) is 0 Å². The lowest BCUT2D eigenvalue weighted by atomic mass is 10.2. The number of rotatable bonds is 2. The topological polar surface area (TPSA) is 38.0 Å².